The second-order valence-corrected chi connectivity index (χ2v) is 11.1. The van der Waals surface area contributed by atoms with Crippen LogP contribution in [-0.4, -0.2) is 42.2 Å². The average Bonchev–Trinajstić information content (AvgIpc) is 2.59. The van der Waals surface area contributed by atoms with Gasteiger partial charge in [-0.3, -0.25) is 9.36 Å². The first-order chi connectivity index (χ1) is 13.4. The first-order valence-corrected chi connectivity index (χ1v) is 12.5. The molecule has 29 heavy (non-hydrogen) atoms. The van der Waals surface area contributed by atoms with E-state index in [1.807, 2.05) is 0 Å². The van der Waals surface area contributed by atoms with E-state index < -0.39 is 24.3 Å². The largest absolute Gasteiger partial charge is 0.465 e. The van der Waals surface area contributed by atoms with Crippen LogP contribution in [0.15, 0.2) is 0 Å². The number of rotatable bonds is 15. The van der Waals surface area contributed by atoms with E-state index in [0.717, 1.165) is 30.7 Å². The van der Waals surface area contributed by atoms with Crippen molar-refractivity contribution in [2.75, 3.05) is 19.8 Å². The van der Waals surface area contributed by atoms with Gasteiger partial charge in [0.2, 0.25) is 0 Å². The van der Waals surface area contributed by atoms with Gasteiger partial charge < -0.3 is 13.8 Å². The summed E-state index contributed by atoms with van der Waals surface area (Å²) in [4.78, 5) is 12.2. The van der Waals surface area contributed by atoms with Crippen LogP contribution in [0.4, 0.5) is 0 Å². The molecule has 0 aliphatic rings. The van der Waals surface area contributed by atoms with Gasteiger partial charge in [-0.25, -0.2) is 0 Å². The molecule has 8 heteroatoms. The quantitative estimate of drug-likeness (QED) is 0.136. The number of hydroxylamine groups is 2. The summed E-state index contributed by atoms with van der Waals surface area (Å²) in [7, 11) is -3.78. The van der Waals surface area contributed by atoms with Crippen LogP contribution in [0.2, 0.25) is 0 Å². The maximum atomic E-state index is 13.5. The molecule has 0 spiro atoms. The van der Waals surface area contributed by atoms with E-state index in [-0.39, 0.29) is 25.8 Å². The lowest BCUT2D eigenvalue weighted by Crippen LogP contribution is -2.53. The summed E-state index contributed by atoms with van der Waals surface area (Å²) in [5.74, 6) is -1.41. The van der Waals surface area contributed by atoms with Gasteiger partial charge in [-0.1, -0.05) is 46.5 Å². The van der Waals surface area contributed by atoms with Crippen LogP contribution in [0, 0.1) is 5.41 Å². The van der Waals surface area contributed by atoms with E-state index in [4.69, 9.17) is 13.8 Å². The van der Waals surface area contributed by atoms with Crippen LogP contribution in [0.5, 0.6) is 0 Å². The third-order valence-electron chi connectivity index (χ3n) is 4.59. The fourth-order valence-corrected chi connectivity index (χ4v) is 5.68. The summed E-state index contributed by atoms with van der Waals surface area (Å²) >= 11 is 0. The summed E-state index contributed by atoms with van der Waals surface area (Å²) < 4.78 is 30.0. The average molecular weight is 437 g/mol. The lowest BCUT2D eigenvalue weighted by molar-refractivity contribution is -0.246. The maximum Gasteiger partial charge on any atom is 0.350 e. The molecule has 0 aromatic carbocycles. The molecule has 0 N–H and O–H groups in total. The highest BCUT2D eigenvalue weighted by molar-refractivity contribution is 7.54. The molecule has 0 fully saturated rings. The minimum absolute atomic E-state index is 0.0373. The Bertz CT molecular complexity index is 508. The number of hydrogen-bond donors (Lipinski definition) is 0. The predicted molar refractivity (Wildman–Crippen MR) is 115 cm³/mol. The lowest BCUT2D eigenvalue weighted by Gasteiger charge is -2.44. The van der Waals surface area contributed by atoms with Crippen molar-refractivity contribution < 1.29 is 28.4 Å². The Morgan fingerprint density at radius 1 is 0.931 bits per heavy atom. The van der Waals surface area contributed by atoms with Gasteiger partial charge in [0.15, 0.2) is 0 Å². The molecule has 7 nitrogen and oxygen atoms in total. The van der Waals surface area contributed by atoms with Gasteiger partial charge in [-0.15, -0.1) is 10.3 Å². The predicted octanol–water partition coefficient (Wildman–Crippen LogP) is 5.95. The van der Waals surface area contributed by atoms with Crippen molar-refractivity contribution in [2.24, 2.45) is 5.41 Å². The Kier molecular flexibility index (Phi) is 12.9. The van der Waals surface area contributed by atoms with Crippen LogP contribution < -0.4 is 0 Å². The Hall–Kier alpha value is -0.460. The number of carbonyl (C=O) groups excluding carboxylic acids is 1. The zero-order valence-electron chi connectivity index (χ0n) is 19.8. The molecule has 0 saturated carbocycles. The highest BCUT2D eigenvalue weighted by Gasteiger charge is 2.53. The third kappa shape index (κ3) is 9.93. The van der Waals surface area contributed by atoms with E-state index in [2.05, 4.69) is 6.92 Å². The first-order valence-electron chi connectivity index (χ1n) is 10.9. The van der Waals surface area contributed by atoms with Crippen molar-refractivity contribution >= 4 is 13.6 Å². The molecule has 0 aliphatic carbocycles. The second-order valence-electron chi connectivity index (χ2n) is 9.06. The highest BCUT2D eigenvalue weighted by atomic mass is 31.2. The number of carbonyl (C=O) groups is 1. The number of unbranched alkanes of at least 4 members (excludes halogenated alkanes) is 4. The van der Waals surface area contributed by atoms with Crippen LogP contribution in [0.1, 0.15) is 93.9 Å². The van der Waals surface area contributed by atoms with E-state index in [1.165, 1.54) is 6.42 Å². The van der Waals surface area contributed by atoms with Crippen LogP contribution in [0.25, 0.3) is 0 Å². The Balaban J connectivity index is 5.33. The number of ether oxygens (including phenoxy) is 1. The molecule has 0 rings (SSSR count). The molecule has 1 atom stereocenters. The van der Waals surface area contributed by atoms with Crippen molar-refractivity contribution in [3.8, 4) is 0 Å². The molecule has 173 valence electrons. The van der Waals surface area contributed by atoms with E-state index in [1.54, 1.807) is 48.5 Å². The Morgan fingerprint density at radius 2 is 1.45 bits per heavy atom. The van der Waals surface area contributed by atoms with Crippen LogP contribution in [0.3, 0.4) is 0 Å². The van der Waals surface area contributed by atoms with Gasteiger partial charge in [0.25, 0.3) is 0 Å². The summed E-state index contributed by atoms with van der Waals surface area (Å²) in [6.07, 6.45) is 5.56. The monoisotopic (exact) mass is 436 g/mol. The van der Waals surface area contributed by atoms with Crippen molar-refractivity contribution in [1.82, 2.24) is 5.06 Å². The minimum Gasteiger partial charge on any atom is -0.465 e. The third-order valence-corrected chi connectivity index (χ3v) is 7.33. The van der Waals surface area contributed by atoms with Crippen molar-refractivity contribution in [3.05, 3.63) is 0 Å². The fraction of sp³-hybridized carbons (Fsp3) is 0.952. The van der Waals surface area contributed by atoms with Gasteiger partial charge in [-0.2, -0.15) is 0 Å². The molecule has 0 amide bonds. The normalized spacial score (nSPS) is 14.3. The van der Waals surface area contributed by atoms with Crippen molar-refractivity contribution in [2.45, 2.75) is 105 Å². The number of esters is 1. The topological polar surface area (TPSA) is 85.0 Å². The zero-order chi connectivity index (χ0) is 22.7. The number of hydrogen-bond acceptors (Lipinski definition) is 6. The van der Waals surface area contributed by atoms with Crippen molar-refractivity contribution in [1.29, 1.82) is 0 Å². The molecule has 0 unspecified atom stereocenters. The second kappa shape index (κ2) is 13.1. The fourth-order valence-electron chi connectivity index (χ4n) is 3.07. The van der Waals surface area contributed by atoms with Gasteiger partial charge >= 0.3 is 13.6 Å². The van der Waals surface area contributed by atoms with E-state index in [9.17, 15) is 14.6 Å². The Morgan fingerprint density at radius 3 is 1.90 bits per heavy atom. The minimum atomic E-state index is -3.78. The lowest BCUT2D eigenvalue weighted by atomic mass is 9.92. The van der Waals surface area contributed by atoms with E-state index in [0.29, 0.717) is 6.42 Å². The molecular formula is C21H43NO6P. The summed E-state index contributed by atoms with van der Waals surface area (Å²) in [5, 5.41) is 13.9. The van der Waals surface area contributed by atoms with Crippen LogP contribution >= 0.6 is 7.60 Å². The van der Waals surface area contributed by atoms with Gasteiger partial charge in [0, 0.05) is 17.4 Å². The SMILES string of the molecule is CCCCCCCC(=O)OCC(C)(C)[C@@H](N([O])C(C)(C)C)P(=O)(OCC)OCC. The van der Waals surface area contributed by atoms with Gasteiger partial charge in [0.1, 0.15) is 5.78 Å². The summed E-state index contributed by atoms with van der Waals surface area (Å²) in [6.45, 7) is 14.6. The van der Waals surface area contributed by atoms with Crippen molar-refractivity contribution in [3.63, 3.8) is 0 Å². The molecule has 1 radical (unpaired) electrons. The standard InChI is InChI=1S/C21H43NO6P/c1-9-12-13-14-15-16-18(23)26-17-21(7,8)19(22(24)20(4,5)6)29(25,27-10-2)28-11-3/h19H,9-17H2,1-8H3/t19-/m0/s1. The molecule has 0 heterocycles. The van der Waals surface area contributed by atoms with Gasteiger partial charge in [0.05, 0.1) is 19.8 Å². The molecule has 0 aliphatic heterocycles. The van der Waals surface area contributed by atoms with Crippen LogP contribution in [-0.2, 0) is 28.4 Å². The first kappa shape index (κ1) is 28.5. The summed E-state index contributed by atoms with van der Waals surface area (Å²) in [6, 6.07) is 0. The highest BCUT2D eigenvalue weighted by Crippen LogP contribution is 2.60. The molecular weight excluding hydrogens is 393 g/mol. The zero-order valence-corrected chi connectivity index (χ0v) is 20.7. The molecule has 0 aromatic heterocycles. The smallest absolute Gasteiger partial charge is 0.350 e. The summed E-state index contributed by atoms with van der Waals surface area (Å²) in [5.41, 5.74) is -1.76. The molecule has 0 bridgehead atoms. The molecule has 0 aromatic rings. The number of nitrogens with zero attached hydrogens (tertiary/aromatic N) is 1. The van der Waals surface area contributed by atoms with Gasteiger partial charge in [-0.05, 0) is 41.0 Å². The Labute approximate surface area is 178 Å². The molecule has 0 saturated heterocycles. The maximum absolute atomic E-state index is 13.5. The van der Waals surface area contributed by atoms with E-state index >= 15 is 0 Å².